The highest BCUT2D eigenvalue weighted by Gasteiger charge is 2.47. The van der Waals surface area contributed by atoms with Gasteiger partial charge in [-0.2, -0.15) is 61.5 Å². The number of phenolic OH excluding ortho intramolecular Hbond substituents is 1. The van der Waals surface area contributed by atoms with Crippen molar-refractivity contribution in [2.75, 3.05) is 10.6 Å². The van der Waals surface area contributed by atoms with Crippen LogP contribution in [0, 0.1) is 37.1 Å². The first kappa shape index (κ1) is 69.9. The van der Waals surface area contributed by atoms with Crippen molar-refractivity contribution >= 4 is 32.9 Å². The maximum absolute atomic E-state index is 15.1. The fourth-order valence-electron chi connectivity index (χ4n) is 8.74. The standard InChI is InChI=1S/C30H25F9N2O2S.C27H19F9N2O2S.2CH4/c1-16(2)42-24-13-19(9-10-23(24)32)28(15-18-7-5-4-6-8-18,41-27-40-25(17(3)44-27)29(35,36)37)20-11-21(31)14-22(12-20)43-30(38,39)26(33)34;1-14-22(26(32,33)34)37-24(41-14)38-25(13-15-5-3-2-4-6-15,16-7-8-20(29)21(39)11-16)17-9-18(28)12-19(10-17)40-27(35,36)23(30)31;;/h4-14,16,26H,15H2,1-3H3,(H,40,41);2-12,23,39H,13H2,1H3,(H,37,38);2*1H4/t28-;25-;;/m00../s1. The summed E-state index contributed by atoms with van der Waals surface area (Å²) in [5, 5.41) is 15.3. The van der Waals surface area contributed by atoms with Crippen molar-refractivity contribution < 1.29 is 98.3 Å². The molecule has 28 heteroatoms. The van der Waals surface area contributed by atoms with Crippen LogP contribution in [0.5, 0.6) is 23.0 Å². The Morgan fingerprint density at radius 1 is 0.494 bits per heavy atom. The number of benzene rings is 6. The van der Waals surface area contributed by atoms with E-state index < -0.39 is 107 Å². The molecule has 2 atom stereocenters. The number of rotatable bonds is 20. The van der Waals surface area contributed by atoms with Gasteiger partial charge in [0.25, 0.3) is 0 Å². The zero-order chi connectivity index (χ0) is 62.6. The molecular formula is C59H52F18N4O4S2. The van der Waals surface area contributed by atoms with Crippen molar-refractivity contribution in [3.63, 3.8) is 0 Å². The third-order valence-corrected chi connectivity index (χ3v) is 14.1. The van der Waals surface area contributed by atoms with Crippen molar-refractivity contribution in [2.24, 2.45) is 0 Å². The number of hydrogen-bond acceptors (Lipinski definition) is 10. The molecular weight excluding hydrogens is 1230 g/mol. The molecule has 0 aliphatic rings. The van der Waals surface area contributed by atoms with Gasteiger partial charge in [0.1, 0.15) is 23.1 Å². The van der Waals surface area contributed by atoms with E-state index in [0.29, 0.717) is 45.9 Å². The summed E-state index contributed by atoms with van der Waals surface area (Å²) in [6.45, 7) is 5.60. The second-order valence-electron chi connectivity index (χ2n) is 19.0. The Labute approximate surface area is 494 Å². The maximum atomic E-state index is 15.1. The summed E-state index contributed by atoms with van der Waals surface area (Å²) in [5.41, 5.74) is -5.74. The first-order valence-corrected chi connectivity index (χ1v) is 26.3. The molecule has 0 fully saturated rings. The molecule has 0 bridgehead atoms. The van der Waals surface area contributed by atoms with Crippen LogP contribution in [0.25, 0.3) is 0 Å². The first-order chi connectivity index (χ1) is 39.6. The van der Waals surface area contributed by atoms with E-state index in [-0.39, 0.29) is 75.7 Å². The van der Waals surface area contributed by atoms with Gasteiger partial charge in [-0.15, -0.1) is 22.7 Å². The second kappa shape index (κ2) is 27.4. The highest BCUT2D eigenvalue weighted by Crippen LogP contribution is 2.47. The molecule has 8 nitrogen and oxygen atoms in total. The first-order valence-electron chi connectivity index (χ1n) is 24.6. The van der Waals surface area contributed by atoms with Gasteiger partial charge in [0.15, 0.2) is 44.8 Å². The van der Waals surface area contributed by atoms with Gasteiger partial charge in [0.05, 0.1) is 17.2 Å². The topological polar surface area (TPSA) is 97.8 Å². The lowest BCUT2D eigenvalue weighted by Gasteiger charge is -2.37. The molecule has 0 saturated carbocycles. The molecule has 87 heavy (non-hydrogen) atoms. The Bertz CT molecular complexity index is 3590. The summed E-state index contributed by atoms with van der Waals surface area (Å²) < 4.78 is 261. The van der Waals surface area contributed by atoms with Crippen LogP contribution in [0.4, 0.5) is 89.3 Å². The number of anilines is 2. The molecule has 6 aromatic carbocycles. The van der Waals surface area contributed by atoms with Crippen molar-refractivity contribution in [1.29, 1.82) is 0 Å². The number of hydrogen-bond donors (Lipinski definition) is 3. The predicted molar refractivity (Wildman–Crippen MR) is 292 cm³/mol. The minimum atomic E-state index is -5.01. The van der Waals surface area contributed by atoms with Crippen molar-refractivity contribution in [3.05, 3.63) is 211 Å². The fourth-order valence-corrected chi connectivity index (χ4v) is 10.6. The smallest absolute Gasteiger partial charge is 0.461 e. The van der Waals surface area contributed by atoms with E-state index in [4.69, 9.17) is 4.74 Å². The predicted octanol–water partition coefficient (Wildman–Crippen LogP) is 18.9. The molecule has 0 saturated heterocycles. The van der Waals surface area contributed by atoms with Crippen LogP contribution < -0.4 is 24.8 Å². The molecule has 0 amide bonds. The van der Waals surface area contributed by atoms with E-state index in [1.807, 2.05) is 0 Å². The van der Waals surface area contributed by atoms with E-state index in [9.17, 15) is 79.7 Å². The average molecular weight is 1290 g/mol. The van der Waals surface area contributed by atoms with Gasteiger partial charge in [0, 0.05) is 34.7 Å². The van der Waals surface area contributed by atoms with Crippen molar-refractivity contribution in [3.8, 4) is 23.0 Å². The lowest BCUT2D eigenvalue weighted by atomic mass is 9.77. The molecule has 0 aliphatic heterocycles. The Morgan fingerprint density at radius 3 is 1.22 bits per heavy atom. The zero-order valence-corrected chi connectivity index (χ0v) is 45.7. The van der Waals surface area contributed by atoms with Gasteiger partial charge in [-0.3, -0.25) is 0 Å². The highest BCUT2D eigenvalue weighted by molar-refractivity contribution is 7.16. The molecule has 8 rings (SSSR count). The molecule has 8 aromatic rings. The minimum absolute atomic E-state index is 0. The van der Waals surface area contributed by atoms with Gasteiger partial charge in [-0.05, 0) is 110 Å². The molecule has 3 N–H and O–H groups in total. The van der Waals surface area contributed by atoms with Crippen LogP contribution in [-0.4, -0.2) is 46.2 Å². The van der Waals surface area contributed by atoms with Gasteiger partial charge < -0.3 is 30.0 Å². The summed E-state index contributed by atoms with van der Waals surface area (Å²) in [5.74, 6) is -7.43. The number of ether oxygens (including phenoxy) is 3. The number of aryl methyl sites for hydroxylation is 2. The summed E-state index contributed by atoms with van der Waals surface area (Å²) in [6.07, 6.45) is -29.2. The lowest BCUT2D eigenvalue weighted by Crippen LogP contribution is -2.40. The van der Waals surface area contributed by atoms with Gasteiger partial charge >= 0.3 is 37.4 Å². The number of nitrogens with one attached hydrogen (secondary N) is 2. The van der Waals surface area contributed by atoms with E-state index >= 15 is 4.39 Å². The van der Waals surface area contributed by atoms with Gasteiger partial charge in [-0.25, -0.2) is 27.5 Å². The van der Waals surface area contributed by atoms with E-state index in [1.54, 1.807) is 74.5 Å². The van der Waals surface area contributed by atoms with Crippen LogP contribution >= 0.6 is 22.7 Å². The number of aromatic hydroxyl groups is 1. The molecule has 0 aliphatic carbocycles. The number of nitrogens with zero attached hydrogens (tertiary/aromatic N) is 2. The third kappa shape index (κ3) is 16.8. The summed E-state index contributed by atoms with van der Waals surface area (Å²) in [6, 6.07) is 26.9. The Balaban J connectivity index is 0.000000311. The van der Waals surface area contributed by atoms with Crippen LogP contribution in [0.2, 0.25) is 0 Å². The van der Waals surface area contributed by atoms with Crippen LogP contribution in [0.1, 0.15) is 83.2 Å². The van der Waals surface area contributed by atoms with Gasteiger partial charge in [-0.1, -0.05) is 87.6 Å². The van der Waals surface area contributed by atoms with Crippen molar-refractivity contribution in [1.82, 2.24) is 9.97 Å². The molecule has 0 unspecified atom stereocenters. The summed E-state index contributed by atoms with van der Waals surface area (Å²) >= 11 is 1.19. The lowest BCUT2D eigenvalue weighted by molar-refractivity contribution is -0.253. The normalized spacial score (nSPS) is 13.4. The number of aromatic nitrogens is 2. The number of halogens is 18. The molecule has 470 valence electrons. The molecule has 2 heterocycles. The average Bonchev–Trinajstić information content (AvgIpc) is 1.59. The Morgan fingerprint density at radius 2 is 0.874 bits per heavy atom. The number of alkyl halides is 14. The quantitative estimate of drug-likeness (QED) is 0.0650. The van der Waals surface area contributed by atoms with Crippen LogP contribution in [-0.2, 0) is 36.3 Å². The Kier molecular flexibility index (Phi) is 22.0. The zero-order valence-electron chi connectivity index (χ0n) is 44.0. The second-order valence-corrected chi connectivity index (χ2v) is 21.4. The van der Waals surface area contributed by atoms with Crippen molar-refractivity contribution in [2.45, 2.75) is 110 Å². The Hall–Kier alpha value is -7.88. The number of thiazole rings is 2. The summed E-state index contributed by atoms with van der Waals surface area (Å²) in [7, 11) is 0. The van der Waals surface area contributed by atoms with Crippen LogP contribution in [0.15, 0.2) is 133 Å². The molecule has 0 spiro atoms. The van der Waals surface area contributed by atoms with E-state index in [1.165, 1.54) is 19.1 Å². The SMILES string of the molecule is C.C.Cc1sc(N[C@](Cc2ccccc2)(c2cc(F)cc(OC(F)(F)C(F)F)c2)c2ccc(F)c(O)c2)nc1C(F)(F)F.Cc1sc(N[C@](Cc2ccccc2)(c2cc(F)cc(OC(F)(F)C(F)F)c2)c2ccc(F)c(OC(C)C)c2)nc1C(F)(F)F. The maximum Gasteiger partial charge on any atom is 0.461 e. The minimum Gasteiger partial charge on any atom is -0.505 e. The molecule has 2 aromatic heterocycles. The highest BCUT2D eigenvalue weighted by atomic mass is 32.1. The fraction of sp³-hybridized carbons (Fsp3) is 0.288. The van der Waals surface area contributed by atoms with E-state index in [0.717, 1.165) is 55.5 Å². The van der Waals surface area contributed by atoms with Gasteiger partial charge in [0.2, 0.25) is 0 Å². The number of phenols is 1. The molecule has 0 radical (unpaired) electrons. The monoisotopic (exact) mass is 1290 g/mol. The summed E-state index contributed by atoms with van der Waals surface area (Å²) in [4.78, 5) is 6.88. The van der Waals surface area contributed by atoms with Crippen LogP contribution in [0.3, 0.4) is 0 Å². The third-order valence-electron chi connectivity index (χ3n) is 12.4. The largest absolute Gasteiger partial charge is 0.505 e. The van der Waals surface area contributed by atoms with E-state index in [2.05, 4.69) is 30.1 Å².